The second-order valence-electron chi connectivity index (χ2n) is 7.60. The first-order valence-corrected chi connectivity index (χ1v) is 9.36. The van der Waals surface area contributed by atoms with Crippen LogP contribution >= 0.6 is 15.9 Å². The summed E-state index contributed by atoms with van der Waals surface area (Å²) in [5.74, 6) is 0. The van der Waals surface area contributed by atoms with Crippen LogP contribution in [0.25, 0.3) is 22.0 Å². The highest BCUT2D eigenvalue weighted by Gasteiger charge is 2.23. The lowest BCUT2D eigenvalue weighted by Crippen LogP contribution is -2.27. The van der Waals surface area contributed by atoms with E-state index in [4.69, 9.17) is 4.74 Å². The molecular weight excluding hydrogens is 392 g/mol. The van der Waals surface area contributed by atoms with Crippen molar-refractivity contribution < 1.29 is 9.53 Å². The van der Waals surface area contributed by atoms with Crippen LogP contribution < -0.4 is 0 Å². The van der Waals surface area contributed by atoms with Crippen molar-refractivity contribution in [1.29, 1.82) is 0 Å². The summed E-state index contributed by atoms with van der Waals surface area (Å²) in [5.41, 5.74) is 5.36. The number of aryl methyl sites for hydroxylation is 3. The monoisotopic (exact) mass is 414 g/mol. The first-order valence-electron chi connectivity index (χ1n) is 8.56. The number of nitrogens with zero attached hydrogens (tertiary/aromatic N) is 2. The van der Waals surface area contributed by atoms with E-state index in [9.17, 15) is 4.79 Å². The summed E-state index contributed by atoms with van der Waals surface area (Å²) >= 11 is 3.56. The Labute approximate surface area is 162 Å². The number of carbonyl (C=O) groups is 1. The van der Waals surface area contributed by atoms with Crippen molar-refractivity contribution in [3.05, 3.63) is 51.9 Å². The number of pyridine rings is 1. The minimum Gasteiger partial charge on any atom is -0.443 e. The molecule has 0 aliphatic heterocycles. The summed E-state index contributed by atoms with van der Waals surface area (Å²) in [4.78, 5) is 17.2. The summed E-state index contributed by atoms with van der Waals surface area (Å²) in [5, 5.41) is 1.02. The Balaban J connectivity index is 2.20. The molecule has 0 saturated heterocycles. The van der Waals surface area contributed by atoms with Crippen LogP contribution in [0.2, 0.25) is 0 Å². The second kappa shape index (κ2) is 6.54. The molecule has 0 fully saturated rings. The summed E-state index contributed by atoms with van der Waals surface area (Å²) in [6.07, 6.45) is -0.387. The predicted molar refractivity (Wildman–Crippen MR) is 109 cm³/mol. The van der Waals surface area contributed by atoms with E-state index in [1.54, 1.807) is 4.57 Å². The third kappa shape index (κ3) is 3.54. The molecule has 5 heteroatoms. The topological polar surface area (TPSA) is 44.1 Å². The molecule has 3 rings (SSSR count). The summed E-state index contributed by atoms with van der Waals surface area (Å²) < 4.78 is 7.91. The molecule has 0 aliphatic carbocycles. The van der Waals surface area contributed by atoms with Crippen LogP contribution in [-0.4, -0.2) is 21.2 Å². The van der Waals surface area contributed by atoms with E-state index in [2.05, 4.69) is 45.2 Å². The molecule has 2 heterocycles. The smallest absolute Gasteiger partial charge is 0.419 e. The highest BCUT2D eigenvalue weighted by Crippen LogP contribution is 2.33. The lowest BCUT2D eigenvalue weighted by molar-refractivity contribution is 0.0541. The number of hydrogen-bond acceptors (Lipinski definition) is 3. The molecule has 0 unspecified atom stereocenters. The Bertz CT molecular complexity index is 993. The van der Waals surface area contributed by atoms with Gasteiger partial charge in [0.05, 0.1) is 10.1 Å². The van der Waals surface area contributed by atoms with Gasteiger partial charge in [-0.05, 0) is 92.4 Å². The molecule has 0 radical (unpaired) electrons. The molecule has 3 aromatic rings. The Morgan fingerprint density at radius 2 is 1.65 bits per heavy atom. The molecule has 0 bridgehead atoms. The lowest BCUT2D eigenvalue weighted by atomic mass is 10.0. The van der Waals surface area contributed by atoms with Gasteiger partial charge < -0.3 is 4.74 Å². The Morgan fingerprint density at radius 3 is 2.23 bits per heavy atom. The van der Waals surface area contributed by atoms with Gasteiger partial charge in [-0.25, -0.2) is 9.36 Å². The first kappa shape index (κ1) is 18.6. The molecule has 0 saturated carbocycles. The van der Waals surface area contributed by atoms with E-state index in [0.717, 1.165) is 43.6 Å². The van der Waals surface area contributed by atoms with Crippen molar-refractivity contribution in [1.82, 2.24) is 9.55 Å². The zero-order valence-electron chi connectivity index (χ0n) is 16.0. The highest BCUT2D eigenvalue weighted by molar-refractivity contribution is 9.10. The van der Waals surface area contributed by atoms with Crippen LogP contribution in [0.15, 0.2) is 34.9 Å². The minimum absolute atomic E-state index is 0.387. The number of rotatable bonds is 1. The van der Waals surface area contributed by atoms with E-state index in [1.807, 2.05) is 47.6 Å². The van der Waals surface area contributed by atoms with Gasteiger partial charge in [0.15, 0.2) is 0 Å². The highest BCUT2D eigenvalue weighted by atomic mass is 79.9. The van der Waals surface area contributed by atoms with Crippen molar-refractivity contribution in [2.24, 2.45) is 0 Å². The van der Waals surface area contributed by atoms with Gasteiger partial charge in [0, 0.05) is 16.8 Å². The molecule has 26 heavy (non-hydrogen) atoms. The maximum atomic E-state index is 12.8. The van der Waals surface area contributed by atoms with E-state index in [0.29, 0.717) is 0 Å². The van der Waals surface area contributed by atoms with Gasteiger partial charge in [-0.3, -0.25) is 4.98 Å². The average molecular weight is 415 g/mol. The number of halogens is 1. The maximum Gasteiger partial charge on any atom is 0.419 e. The van der Waals surface area contributed by atoms with E-state index in [-0.39, 0.29) is 6.09 Å². The molecule has 0 amide bonds. The Hall–Kier alpha value is -2.14. The van der Waals surface area contributed by atoms with E-state index in [1.165, 1.54) is 0 Å². The normalized spacial score (nSPS) is 11.8. The number of ether oxygens (including phenoxy) is 1. The molecule has 0 atom stereocenters. The first-order chi connectivity index (χ1) is 12.1. The molecule has 0 spiro atoms. The SMILES string of the molecule is Cc1cc(-c2ccc3c(C)c(Br)n(C(=O)OC(C)(C)C)c3c2)cc(C)n1. The van der Waals surface area contributed by atoms with Crippen LogP contribution in [0.3, 0.4) is 0 Å². The number of aromatic nitrogens is 2. The molecule has 0 N–H and O–H groups in total. The third-order valence-corrected chi connectivity index (χ3v) is 5.09. The lowest BCUT2D eigenvalue weighted by Gasteiger charge is -2.20. The van der Waals surface area contributed by atoms with Gasteiger partial charge >= 0.3 is 6.09 Å². The van der Waals surface area contributed by atoms with Gasteiger partial charge in [-0.1, -0.05) is 12.1 Å². The van der Waals surface area contributed by atoms with E-state index >= 15 is 0 Å². The van der Waals surface area contributed by atoms with Crippen LogP contribution in [0.1, 0.15) is 37.7 Å². The van der Waals surface area contributed by atoms with Gasteiger partial charge in [0.2, 0.25) is 0 Å². The van der Waals surface area contributed by atoms with Crippen molar-refractivity contribution in [2.45, 2.75) is 47.1 Å². The Kier molecular flexibility index (Phi) is 4.69. The van der Waals surface area contributed by atoms with Gasteiger partial charge in [0.1, 0.15) is 5.60 Å². The summed E-state index contributed by atoms with van der Waals surface area (Å²) in [7, 11) is 0. The van der Waals surface area contributed by atoms with Gasteiger partial charge in [-0.2, -0.15) is 0 Å². The van der Waals surface area contributed by atoms with E-state index < -0.39 is 5.60 Å². The summed E-state index contributed by atoms with van der Waals surface area (Å²) in [6, 6.07) is 10.3. The maximum absolute atomic E-state index is 12.8. The zero-order chi connectivity index (χ0) is 19.2. The molecule has 0 aliphatic rings. The fraction of sp³-hybridized carbons (Fsp3) is 0.333. The second-order valence-corrected chi connectivity index (χ2v) is 8.35. The quantitative estimate of drug-likeness (QED) is 0.477. The third-order valence-electron chi connectivity index (χ3n) is 4.14. The fourth-order valence-electron chi connectivity index (χ4n) is 3.09. The van der Waals surface area contributed by atoms with Crippen LogP contribution in [0, 0.1) is 20.8 Å². The molecule has 2 aromatic heterocycles. The van der Waals surface area contributed by atoms with Gasteiger partial charge in [0.25, 0.3) is 0 Å². The van der Waals surface area contributed by atoms with Crippen molar-refractivity contribution in [3.8, 4) is 11.1 Å². The van der Waals surface area contributed by atoms with Crippen LogP contribution in [0.5, 0.6) is 0 Å². The Morgan fingerprint density at radius 1 is 1.04 bits per heavy atom. The molecule has 1 aromatic carbocycles. The van der Waals surface area contributed by atoms with Crippen LogP contribution in [-0.2, 0) is 4.74 Å². The number of hydrogen-bond donors (Lipinski definition) is 0. The van der Waals surface area contributed by atoms with Crippen molar-refractivity contribution >= 4 is 32.9 Å². The van der Waals surface area contributed by atoms with Gasteiger partial charge in [-0.15, -0.1) is 0 Å². The number of carbonyl (C=O) groups excluding carboxylic acids is 1. The predicted octanol–water partition coefficient (Wildman–Crippen LogP) is 6.17. The summed E-state index contributed by atoms with van der Waals surface area (Å²) in [6.45, 7) is 11.6. The van der Waals surface area contributed by atoms with Crippen molar-refractivity contribution in [3.63, 3.8) is 0 Å². The zero-order valence-corrected chi connectivity index (χ0v) is 17.6. The average Bonchev–Trinajstić information content (AvgIpc) is 2.75. The minimum atomic E-state index is -0.558. The largest absolute Gasteiger partial charge is 0.443 e. The number of benzene rings is 1. The standard InChI is InChI=1S/C21H23BrN2O2/c1-12-9-16(10-13(2)23-12)15-7-8-17-14(3)19(22)24(18(17)11-15)20(25)26-21(4,5)6/h7-11H,1-6H3. The van der Waals surface area contributed by atoms with Crippen LogP contribution in [0.4, 0.5) is 4.79 Å². The molecule has 4 nitrogen and oxygen atoms in total. The molecule has 136 valence electrons. The van der Waals surface area contributed by atoms with Crippen molar-refractivity contribution in [2.75, 3.05) is 0 Å². The molecular formula is C21H23BrN2O2. The number of fused-ring (bicyclic) bond motifs is 1. The fourth-order valence-corrected chi connectivity index (χ4v) is 3.63.